The molecule has 5 heteroatoms. The first-order valence-corrected chi connectivity index (χ1v) is 11.0. The van der Waals surface area contributed by atoms with Crippen LogP contribution in [0.15, 0.2) is 81.3 Å². The van der Waals surface area contributed by atoms with Crippen LogP contribution in [0.3, 0.4) is 0 Å². The maximum Gasteiger partial charge on any atom is 0.181 e. The summed E-state index contributed by atoms with van der Waals surface area (Å²) in [6.07, 6.45) is 6.73. The van der Waals surface area contributed by atoms with E-state index >= 15 is 0 Å². The largest absolute Gasteiger partial charge is 0.293 e. The first-order chi connectivity index (χ1) is 14.0. The highest BCUT2D eigenvalue weighted by Crippen LogP contribution is 2.52. The van der Waals surface area contributed by atoms with Gasteiger partial charge in [0, 0.05) is 26.0 Å². The Labute approximate surface area is 186 Å². The molecule has 3 nitrogen and oxygen atoms in total. The van der Waals surface area contributed by atoms with Crippen LogP contribution in [0.4, 0.5) is 0 Å². The number of rotatable bonds is 4. The third kappa shape index (κ3) is 3.35. The fraction of sp³-hybridized carbons (Fsp3) is 0.208. The number of carbonyl (C=O) groups is 2. The number of allylic oxidation sites excluding steroid dienone is 4. The van der Waals surface area contributed by atoms with Gasteiger partial charge in [0.05, 0.1) is 12.0 Å². The van der Waals surface area contributed by atoms with Gasteiger partial charge >= 0.3 is 0 Å². The number of benzene rings is 2. The normalized spacial score (nSPS) is 21.8. The Morgan fingerprint density at radius 3 is 1.90 bits per heavy atom. The number of nitrogens with zero attached hydrogens (tertiary/aromatic N) is 1. The Bertz CT molecular complexity index is 1020. The average Bonchev–Trinajstić information content (AvgIpc) is 3.17. The van der Waals surface area contributed by atoms with Gasteiger partial charge in [0.25, 0.3) is 0 Å². The average molecular weight is 511 g/mol. The summed E-state index contributed by atoms with van der Waals surface area (Å²) in [5.41, 5.74) is 0.540. The minimum Gasteiger partial charge on any atom is -0.293 e. The van der Waals surface area contributed by atoms with E-state index in [9.17, 15) is 14.9 Å². The molecule has 0 amide bonds. The predicted octanol–water partition coefficient (Wildman–Crippen LogP) is 6.31. The van der Waals surface area contributed by atoms with E-state index in [4.69, 9.17) is 0 Å². The summed E-state index contributed by atoms with van der Waals surface area (Å²) in [5, 5.41) is 9.55. The lowest BCUT2D eigenvalue weighted by Gasteiger charge is -2.37. The van der Waals surface area contributed by atoms with E-state index in [-0.39, 0.29) is 23.4 Å². The van der Waals surface area contributed by atoms with Crippen molar-refractivity contribution in [2.45, 2.75) is 12.8 Å². The molecule has 0 radical (unpaired) electrons. The van der Waals surface area contributed by atoms with E-state index in [1.807, 2.05) is 6.08 Å². The van der Waals surface area contributed by atoms with Crippen LogP contribution in [0.2, 0.25) is 0 Å². The molecule has 2 unspecified atom stereocenters. The summed E-state index contributed by atoms with van der Waals surface area (Å²) in [6, 6.07) is 16.5. The van der Waals surface area contributed by atoms with Crippen LogP contribution in [0.1, 0.15) is 33.6 Å². The van der Waals surface area contributed by atoms with Crippen molar-refractivity contribution >= 4 is 43.4 Å². The maximum absolute atomic E-state index is 13.8. The summed E-state index contributed by atoms with van der Waals surface area (Å²) in [5.74, 6) is -0.990. The Morgan fingerprint density at radius 2 is 1.41 bits per heavy atom. The van der Waals surface area contributed by atoms with E-state index in [0.717, 1.165) is 14.5 Å². The van der Waals surface area contributed by atoms with Crippen molar-refractivity contribution in [2.24, 2.45) is 17.3 Å². The number of halogens is 2. The van der Waals surface area contributed by atoms with Crippen LogP contribution >= 0.6 is 31.9 Å². The van der Waals surface area contributed by atoms with Gasteiger partial charge in [-0.25, -0.2) is 0 Å². The summed E-state index contributed by atoms with van der Waals surface area (Å²) in [6.45, 7) is 0. The maximum atomic E-state index is 13.8. The summed E-state index contributed by atoms with van der Waals surface area (Å²) in [7, 11) is 0. The quantitative estimate of drug-likeness (QED) is 0.357. The molecule has 0 N–H and O–H groups in total. The summed E-state index contributed by atoms with van der Waals surface area (Å²) in [4.78, 5) is 27.7. The number of hydrogen-bond acceptors (Lipinski definition) is 3. The third-order valence-electron chi connectivity index (χ3n) is 5.87. The summed E-state index contributed by atoms with van der Waals surface area (Å²) >= 11 is 6.79. The van der Waals surface area contributed by atoms with Crippen molar-refractivity contribution in [3.05, 3.63) is 92.4 Å². The highest BCUT2D eigenvalue weighted by molar-refractivity contribution is 9.10. The second-order valence-electron chi connectivity index (χ2n) is 7.38. The van der Waals surface area contributed by atoms with Crippen molar-refractivity contribution in [1.82, 2.24) is 0 Å². The molecule has 2 aliphatic carbocycles. The van der Waals surface area contributed by atoms with Gasteiger partial charge in [-0.05, 0) is 42.7 Å². The van der Waals surface area contributed by atoms with Gasteiger partial charge in [0.1, 0.15) is 5.41 Å². The molecule has 2 aliphatic rings. The molecule has 2 aromatic carbocycles. The molecule has 1 saturated carbocycles. The van der Waals surface area contributed by atoms with Crippen LogP contribution in [-0.4, -0.2) is 11.6 Å². The number of fused-ring (bicyclic) bond motifs is 1. The molecule has 144 valence electrons. The van der Waals surface area contributed by atoms with E-state index in [1.165, 1.54) is 0 Å². The first kappa shape index (κ1) is 20.0. The third-order valence-corrected chi connectivity index (χ3v) is 6.92. The van der Waals surface area contributed by atoms with Crippen LogP contribution in [0, 0.1) is 28.6 Å². The lowest BCUT2D eigenvalue weighted by atomic mass is 9.62. The van der Waals surface area contributed by atoms with Crippen molar-refractivity contribution < 1.29 is 9.59 Å². The van der Waals surface area contributed by atoms with Crippen molar-refractivity contribution in [1.29, 1.82) is 5.26 Å². The second-order valence-corrected chi connectivity index (χ2v) is 9.21. The topological polar surface area (TPSA) is 57.9 Å². The highest BCUT2D eigenvalue weighted by Gasteiger charge is 2.55. The number of ketones is 2. The Balaban J connectivity index is 1.87. The first-order valence-electron chi connectivity index (χ1n) is 9.37. The fourth-order valence-corrected chi connectivity index (χ4v) is 4.98. The minimum atomic E-state index is -1.34. The van der Waals surface area contributed by atoms with Gasteiger partial charge in [-0.3, -0.25) is 9.59 Å². The van der Waals surface area contributed by atoms with Crippen molar-refractivity contribution in [3.8, 4) is 6.07 Å². The van der Waals surface area contributed by atoms with Gasteiger partial charge in [-0.1, -0.05) is 74.4 Å². The van der Waals surface area contributed by atoms with Gasteiger partial charge in [0.15, 0.2) is 11.6 Å². The Hall–Kier alpha value is -2.29. The van der Waals surface area contributed by atoms with Gasteiger partial charge < -0.3 is 0 Å². The van der Waals surface area contributed by atoms with E-state index in [2.05, 4.69) is 37.9 Å². The van der Waals surface area contributed by atoms with Gasteiger partial charge in [-0.2, -0.15) is 5.26 Å². The minimum absolute atomic E-state index is 0.219. The molecule has 0 aromatic heterocycles. The van der Waals surface area contributed by atoms with Gasteiger partial charge in [0.2, 0.25) is 0 Å². The number of hydrogen-bond donors (Lipinski definition) is 0. The monoisotopic (exact) mass is 509 g/mol. The zero-order valence-corrected chi connectivity index (χ0v) is 18.6. The molecule has 2 atom stereocenters. The predicted molar refractivity (Wildman–Crippen MR) is 118 cm³/mol. The Kier molecular flexibility index (Phi) is 5.42. The molecule has 0 saturated heterocycles. The van der Waals surface area contributed by atoms with Gasteiger partial charge in [-0.15, -0.1) is 0 Å². The lowest BCUT2D eigenvalue weighted by Crippen LogP contribution is -2.45. The summed E-state index contributed by atoms with van der Waals surface area (Å²) < 4.78 is 1.74. The zero-order valence-electron chi connectivity index (χ0n) is 15.4. The lowest BCUT2D eigenvalue weighted by molar-refractivity contribution is 0.0662. The molecule has 29 heavy (non-hydrogen) atoms. The number of Topliss-reactive ketones (excluding diaryl/α,β-unsaturated/α-hetero) is 2. The van der Waals surface area contributed by atoms with Crippen LogP contribution in [-0.2, 0) is 0 Å². The molecule has 0 spiro atoms. The molecular formula is C24H17Br2NO2. The number of carbonyl (C=O) groups excluding carboxylic acids is 2. The zero-order chi connectivity index (χ0) is 20.6. The molecule has 0 bridgehead atoms. The van der Waals surface area contributed by atoms with Crippen LogP contribution in [0.5, 0.6) is 0 Å². The molecule has 1 fully saturated rings. The molecular weight excluding hydrogens is 494 g/mol. The standard InChI is InChI=1S/C24H17Br2NO2/c25-18-8-3-15(4-9-18)22(28)24(23(29)16-5-10-19(26)11-6-16)13-1-2-20-17(14-27)7-12-21(20)24/h1-6,8-11,13,17,21H,7,12H2. The van der Waals surface area contributed by atoms with E-state index < -0.39 is 5.41 Å². The smallest absolute Gasteiger partial charge is 0.181 e. The molecule has 2 aromatic rings. The van der Waals surface area contributed by atoms with E-state index in [1.54, 1.807) is 60.7 Å². The molecule has 4 rings (SSSR count). The van der Waals surface area contributed by atoms with Crippen LogP contribution < -0.4 is 0 Å². The fourth-order valence-electron chi connectivity index (χ4n) is 4.45. The molecule has 0 aliphatic heterocycles. The SMILES string of the molecule is N#CC1CCC2C1=CC=CC2(C(=O)c1ccc(Br)cc1)C(=O)c1ccc(Br)cc1. The van der Waals surface area contributed by atoms with Crippen molar-refractivity contribution in [2.75, 3.05) is 0 Å². The highest BCUT2D eigenvalue weighted by atomic mass is 79.9. The number of nitriles is 1. The second kappa shape index (κ2) is 7.85. The van der Waals surface area contributed by atoms with Crippen LogP contribution in [0.25, 0.3) is 0 Å². The molecule has 0 heterocycles. The van der Waals surface area contributed by atoms with E-state index in [0.29, 0.717) is 24.0 Å². The van der Waals surface area contributed by atoms with Crippen molar-refractivity contribution in [3.63, 3.8) is 0 Å². The Morgan fingerprint density at radius 1 is 0.897 bits per heavy atom.